The molecule has 6 heteroatoms. The number of ether oxygens (including phenoxy) is 1. The lowest BCUT2D eigenvalue weighted by molar-refractivity contribution is -0.143. The van der Waals surface area contributed by atoms with E-state index < -0.39 is 12.1 Å². The summed E-state index contributed by atoms with van der Waals surface area (Å²) < 4.78 is 5.50. The Morgan fingerprint density at radius 3 is 1.01 bits per heavy atom. The second-order valence-electron chi connectivity index (χ2n) is 21.7. The summed E-state index contributed by atoms with van der Waals surface area (Å²) in [7, 11) is 0. The van der Waals surface area contributed by atoms with E-state index >= 15 is 0 Å². The summed E-state index contributed by atoms with van der Waals surface area (Å²) in [5, 5.41) is 22.9. The Hall–Kier alpha value is -1.66. The van der Waals surface area contributed by atoms with Gasteiger partial charge in [-0.15, -0.1) is 0 Å². The number of hydrogen-bond donors (Lipinski definition) is 3. The maximum absolute atomic E-state index is 12.4. The first-order valence-corrected chi connectivity index (χ1v) is 31.6. The molecule has 0 fully saturated rings. The van der Waals surface area contributed by atoms with Crippen LogP contribution in [0.25, 0.3) is 0 Å². The summed E-state index contributed by atoms with van der Waals surface area (Å²) in [6, 6.07) is -0.627. The standard InChI is InChI=1S/C64H123NO5/c1-3-5-7-9-11-13-14-15-16-17-25-29-32-35-38-42-46-50-54-58-64(69)70-59-55-51-47-43-39-36-33-30-27-24-22-20-18-19-21-23-26-28-31-34-37-41-45-49-53-57-63(68)65-61(60-66)62(67)56-52-48-44-40-12-10-8-6-4-2/h19,21,52,56,61-62,66-67H,3-18,20,22-51,53-55,57-60H2,1-2H3,(H,65,68)/b21-19-,56-52+. The Morgan fingerprint density at radius 1 is 0.386 bits per heavy atom. The minimum absolute atomic E-state index is 0.0180. The molecule has 70 heavy (non-hydrogen) atoms. The lowest BCUT2D eigenvalue weighted by Gasteiger charge is -2.20. The normalized spacial score (nSPS) is 12.7. The summed E-state index contributed by atoms with van der Waals surface area (Å²) >= 11 is 0. The van der Waals surface area contributed by atoms with Crippen molar-refractivity contribution in [1.82, 2.24) is 5.32 Å². The van der Waals surface area contributed by atoms with Crippen molar-refractivity contribution in [2.24, 2.45) is 0 Å². The van der Waals surface area contributed by atoms with E-state index in [4.69, 9.17) is 4.74 Å². The van der Waals surface area contributed by atoms with Crippen molar-refractivity contribution in [1.29, 1.82) is 0 Å². The van der Waals surface area contributed by atoms with Gasteiger partial charge < -0.3 is 20.3 Å². The molecule has 0 aromatic carbocycles. The third-order valence-corrected chi connectivity index (χ3v) is 14.7. The van der Waals surface area contributed by atoms with Crippen molar-refractivity contribution in [2.45, 2.75) is 360 Å². The second-order valence-corrected chi connectivity index (χ2v) is 21.7. The van der Waals surface area contributed by atoms with E-state index in [0.717, 1.165) is 38.5 Å². The number of carbonyl (C=O) groups is 2. The third kappa shape index (κ3) is 55.7. The molecule has 2 unspecified atom stereocenters. The van der Waals surface area contributed by atoms with Crippen LogP contribution in [0.3, 0.4) is 0 Å². The van der Waals surface area contributed by atoms with E-state index in [2.05, 4.69) is 31.3 Å². The van der Waals surface area contributed by atoms with Gasteiger partial charge in [0.2, 0.25) is 5.91 Å². The molecule has 0 rings (SSSR count). The van der Waals surface area contributed by atoms with Crippen LogP contribution in [0.1, 0.15) is 348 Å². The van der Waals surface area contributed by atoms with Gasteiger partial charge in [-0.2, -0.15) is 0 Å². The van der Waals surface area contributed by atoms with Crippen LogP contribution < -0.4 is 5.32 Å². The quantitative estimate of drug-likeness (QED) is 0.0321. The maximum Gasteiger partial charge on any atom is 0.305 e. The number of nitrogens with one attached hydrogen (secondary N) is 1. The van der Waals surface area contributed by atoms with Crippen molar-refractivity contribution in [2.75, 3.05) is 13.2 Å². The minimum atomic E-state index is -0.844. The van der Waals surface area contributed by atoms with Crippen molar-refractivity contribution in [3.05, 3.63) is 24.3 Å². The Bertz CT molecular complexity index is 1090. The number of carbonyl (C=O) groups excluding carboxylic acids is 2. The largest absolute Gasteiger partial charge is 0.466 e. The molecule has 0 aromatic heterocycles. The van der Waals surface area contributed by atoms with Gasteiger partial charge in [-0.3, -0.25) is 9.59 Å². The van der Waals surface area contributed by atoms with E-state index in [-0.39, 0.29) is 18.5 Å². The van der Waals surface area contributed by atoms with Gasteiger partial charge in [-0.25, -0.2) is 0 Å². The predicted molar refractivity (Wildman–Crippen MR) is 306 cm³/mol. The number of rotatable bonds is 59. The average Bonchev–Trinajstić information content (AvgIpc) is 3.36. The molecule has 3 N–H and O–H groups in total. The van der Waals surface area contributed by atoms with Crippen LogP contribution in [0, 0.1) is 0 Å². The molecule has 0 radical (unpaired) electrons. The fraction of sp³-hybridized carbons (Fsp3) is 0.906. The fourth-order valence-electron chi connectivity index (χ4n) is 9.87. The molecule has 1 amide bonds. The summed E-state index contributed by atoms with van der Waals surface area (Å²) in [6.07, 6.45) is 73.9. The van der Waals surface area contributed by atoms with E-state index in [0.29, 0.717) is 19.4 Å². The van der Waals surface area contributed by atoms with Crippen LogP contribution >= 0.6 is 0 Å². The SMILES string of the molecule is CCCCCCCCC/C=C/C(O)C(CO)NC(=O)CCCCCCCCCCC/C=C\CCCCCCCCCCCCCCOC(=O)CCCCCCCCCCCCCCCCCCCCC. The zero-order valence-electron chi connectivity index (χ0n) is 47.3. The second kappa shape index (κ2) is 59.9. The average molecular weight is 987 g/mol. The van der Waals surface area contributed by atoms with Crippen molar-refractivity contribution in [3.63, 3.8) is 0 Å². The highest BCUT2D eigenvalue weighted by molar-refractivity contribution is 5.76. The Kier molecular flexibility index (Phi) is 58.5. The Balaban J connectivity index is 3.35. The maximum atomic E-state index is 12.4. The van der Waals surface area contributed by atoms with E-state index in [1.807, 2.05) is 6.08 Å². The molecule has 0 aromatic rings. The molecule has 2 atom stereocenters. The van der Waals surface area contributed by atoms with Gasteiger partial charge in [-0.05, 0) is 57.8 Å². The van der Waals surface area contributed by atoms with Gasteiger partial charge in [0.15, 0.2) is 0 Å². The summed E-state index contributed by atoms with van der Waals surface area (Å²) in [6.45, 7) is 4.90. The minimum Gasteiger partial charge on any atom is -0.466 e. The molecule has 0 aliphatic rings. The van der Waals surface area contributed by atoms with Crippen LogP contribution in [-0.2, 0) is 14.3 Å². The van der Waals surface area contributed by atoms with Crippen molar-refractivity contribution in [3.8, 4) is 0 Å². The van der Waals surface area contributed by atoms with Gasteiger partial charge in [-0.1, -0.05) is 301 Å². The first-order chi connectivity index (χ1) is 34.5. The van der Waals surface area contributed by atoms with Crippen LogP contribution in [-0.4, -0.2) is 47.4 Å². The first-order valence-electron chi connectivity index (χ1n) is 31.6. The molecule has 414 valence electrons. The third-order valence-electron chi connectivity index (χ3n) is 14.7. The van der Waals surface area contributed by atoms with Gasteiger partial charge in [0, 0.05) is 12.8 Å². The van der Waals surface area contributed by atoms with Gasteiger partial charge in [0.25, 0.3) is 0 Å². The molecule has 0 heterocycles. The molecule has 0 bridgehead atoms. The number of allylic oxidation sites excluding steroid dienone is 3. The molecule has 0 spiro atoms. The number of esters is 1. The smallest absolute Gasteiger partial charge is 0.305 e. The highest BCUT2D eigenvalue weighted by atomic mass is 16.5. The highest BCUT2D eigenvalue weighted by Gasteiger charge is 2.18. The Morgan fingerprint density at radius 2 is 0.671 bits per heavy atom. The van der Waals surface area contributed by atoms with Crippen LogP contribution in [0.2, 0.25) is 0 Å². The predicted octanol–water partition coefficient (Wildman–Crippen LogP) is 19.8. The van der Waals surface area contributed by atoms with Crippen LogP contribution in [0.4, 0.5) is 0 Å². The molecule has 0 aliphatic carbocycles. The molecule has 0 saturated carbocycles. The first kappa shape index (κ1) is 68.3. The van der Waals surface area contributed by atoms with Gasteiger partial charge in [0.1, 0.15) is 0 Å². The monoisotopic (exact) mass is 986 g/mol. The zero-order chi connectivity index (χ0) is 50.7. The van der Waals surface area contributed by atoms with Gasteiger partial charge >= 0.3 is 5.97 Å². The number of amides is 1. The topological polar surface area (TPSA) is 95.9 Å². The summed E-state index contributed by atoms with van der Waals surface area (Å²) in [5.74, 6) is -0.0550. The lowest BCUT2D eigenvalue weighted by Crippen LogP contribution is -2.45. The van der Waals surface area contributed by atoms with E-state index in [1.54, 1.807) is 6.08 Å². The number of hydrogen-bond acceptors (Lipinski definition) is 5. The highest BCUT2D eigenvalue weighted by Crippen LogP contribution is 2.18. The fourth-order valence-corrected chi connectivity index (χ4v) is 9.87. The summed E-state index contributed by atoms with van der Waals surface area (Å²) in [4.78, 5) is 24.5. The Labute approximate surface area is 437 Å². The van der Waals surface area contributed by atoms with Crippen LogP contribution in [0.15, 0.2) is 24.3 Å². The van der Waals surface area contributed by atoms with Crippen molar-refractivity contribution >= 4 is 11.9 Å². The van der Waals surface area contributed by atoms with E-state index in [1.165, 1.54) is 283 Å². The van der Waals surface area contributed by atoms with Gasteiger partial charge in [0.05, 0.1) is 25.4 Å². The number of aliphatic hydroxyl groups is 2. The molecule has 0 saturated heterocycles. The molecular formula is C64H123NO5. The number of aliphatic hydroxyl groups excluding tert-OH is 2. The lowest BCUT2D eigenvalue weighted by atomic mass is 10.0. The van der Waals surface area contributed by atoms with Crippen LogP contribution in [0.5, 0.6) is 0 Å². The van der Waals surface area contributed by atoms with Crippen molar-refractivity contribution < 1.29 is 24.5 Å². The molecule has 0 aliphatic heterocycles. The molecular weight excluding hydrogens is 863 g/mol. The number of unbranched alkanes of at least 4 members (excludes halogenated alkanes) is 46. The summed E-state index contributed by atoms with van der Waals surface area (Å²) in [5.41, 5.74) is 0. The zero-order valence-corrected chi connectivity index (χ0v) is 47.3. The van der Waals surface area contributed by atoms with E-state index in [9.17, 15) is 19.8 Å². The molecule has 6 nitrogen and oxygen atoms in total.